The molecule has 1 aliphatic carbocycles. The van der Waals surface area contributed by atoms with Crippen molar-refractivity contribution >= 4 is 29.7 Å². The highest BCUT2D eigenvalue weighted by Gasteiger charge is 2.32. The highest BCUT2D eigenvalue weighted by Crippen LogP contribution is 2.44. The van der Waals surface area contributed by atoms with Crippen LogP contribution in [0.1, 0.15) is 50.2 Å². The fourth-order valence-electron chi connectivity index (χ4n) is 4.89. The molecule has 1 unspecified atom stereocenters. The van der Waals surface area contributed by atoms with Gasteiger partial charge in [0.1, 0.15) is 6.61 Å². The standard InChI is InChI=1S/C27H32N2O5S/c1-27(2,12-11-24(30)29-13-14-35-17-18(29)15-25(31)32)28-26(33)34-16-23-21-9-5-3-7-19(21)20-8-4-6-10-22(20)23/h3-10,18,23H,11-17H2,1-2H3,(H,28,33)(H,31,32). The van der Waals surface area contributed by atoms with Gasteiger partial charge in [-0.05, 0) is 42.5 Å². The van der Waals surface area contributed by atoms with Crippen molar-refractivity contribution in [1.29, 1.82) is 0 Å². The molecule has 2 aromatic carbocycles. The summed E-state index contributed by atoms with van der Waals surface area (Å²) in [7, 11) is 0. The van der Waals surface area contributed by atoms with E-state index in [1.807, 2.05) is 38.1 Å². The average Bonchev–Trinajstić information content (AvgIpc) is 3.15. The summed E-state index contributed by atoms with van der Waals surface area (Å²) >= 11 is 1.67. The van der Waals surface area contributed by atoms with E-state index in [1.54, 1.807) is 16.7 Å². The number of nitrogens with zero attached hydrogens (tertiary/aromatic N) is 1. The van der Waals surface area contributed by atoms with Gasteiger partial charge in [0.25, 0.3) is 0 Å². The van der Waals surface area contributed by atoms with Crippen LogP contribution in [0.4, 0.5) is 4.79 Å². The summed E-state index contributed by atoms with van der Waals surface area (Å²) in [5.41, 5.74) is 4.01. The van der Waals surface area contributed by atoms with E-state index in [-0.39, 0.29) is 37.3 Å². The first kappa shape index (κ1) is 25.1. The molecular formula is C27H32N2O5S. The number of carboxylic acids is 1. The lowest BCUT2D eigenvalue weighted by Crippen LogP contribution is -2.49. The van der Waals surface area contributed by atoms with Gasteiger partial charge in [-0.3, -0.25) is 9.59 Å². The summed E-state index contributed by atoms with van der Waals surface area (Å²) in [6.07, 6.45) is 0.110. The third-order valence-electron chi connectivity index (χ3n) is 6.71. The van der Waals surface area contributed by atoms with Gasteiger partial charge in [-0.2, -0.15) is 11.8 Å². The van der Waals surface area contributed by atoms with Gasteiger partial charge < -0.3 is 20.1 Å². The minimum absolute atomic E-state index is 0.0130. The van der Waals surface area contributed by atoms with Crippen molar-refractivity contribution in [2.45, 2.75) is 50.6 Å². The van der Waals surface area contributed by atoms with Crippen molar-refractivity contribution in [3.63, 3.8) is 0 Å². The number of hydrogen-bond acceptors (Lipinski definition) is 5. The molecular weight excluding hydrogens is 464 g/mol. The summed E-state index contributed by atoms with van der Waals surface area (Å²) in [4.78, 5) is 38.3. The molecule has 8 heteroatoms. The molecule has 4 rings (SSSR count). The number of carbonyl (C=O) groups is 3. The fraction of sp³-hybridized carbons (Fsp3) is 0.444. The number of aliphatic carboxylic acids is 1. The van der Waals surface area contributed by atoms with Gasteiger partial charge in [-0.1, -0.05) is 48.5 Å². The van der Waals surface area contributed by atoms with Gasteiger partial charge in [-0.25, -0.2) is 4.79 Å². The molecule has 1 atom stereocenters. The van der Waals surface area contributed by atoms with Crippen molar-refractivity contribution in [2.24, 2.45) is 0 Å². The Morgan fingerprint density at radius 3 is 2.34 bits per heavy atom. The predicted molar refractivity (Wildman–Crippen MR) is 137 cm³/mol. The van der Waals surface area contributed by atoms with Gasteiger partial charge in [0.05, 0.1) is 12.5 Å². The number of thioether (sulfide) groups is 1. The number of amides is 2. The van der Waals surface area contributed by atoms with Crippen LogP contribution in [0, 0.1) is 0 Å². The monoisotopic (exact) mass is 496 g/mol. The number of hydrogen-bond donors (Lipinski definition) is 2. The number of carboxylic acid groups (broad SMARTS) is 1. The van der Waals surface area contributed by atoms with Crippen LogP contribution in [0.15, 0.2) is 48.5 Å². The Kier molecular flexibility index (Phi) is 7.69. The lowest BCUT2D eigenvalue weighted by atomic mass is 9.97. The summed E-state index contributed by atoms with van der Waals surface area (Å²) in [5.74, 6) is 0.468. The molecule has 1 aliphatic heterocycles. The van der Waals surface area contributed by atoms with E-state index in [2.05, 4.69) is 29.6 Å². The lowest BCUT2D eigenvalue weighted by Gasteiger charge is -2.35. The third kappa shape index (κ3) is 5.99. The summed E-state index contributed by atoms with van der Waals surface area (Å²) in [6, 6.07) is 16.1. The first-order chi connectivity index (χ1) is 16.7. The predicted octanol–water partition coefficient (Wildman–Crippen LogP) is 4.50. The third-order valence-corrected chi connectivity index (χ3v) is 7.80. The number of ether oxygens (including phenoxy) is 1. The summed E-state index contributed by atoms with van der Waals surface area (Å²) in [5, 5.41) is 12.1. The first-order valence-corrected chi connectivity index (χ1v) is 13.1. The maximum Gasteiger partial charge on any atom is 0.407 e. The molecule has 2 aromatic rings. The molecule has 2 aliphatic rings. The second-order valence-corrected chi connectivity index (χ2v) is 10.9. The van der Waals surface area contributed by atoms with Crippen LogP contribution in [0.3, 0.4) is 0 Å². The van der Waals surface area contributed by atoms with Gasteiger partial charge in [0.2, 0.25) is 5.91 Å². The Morgan fingerprint density at radius 1 is 1.09 bits per heavy atom. The summed E-state index contributed by atoms with van der Waals surface area (Å²) in [6.45, 7) is 4.52. The fourth-order valence-corrected chi connectivity index (χ4v) is 5.95. The molecule has 0 bridgehead atoms. The smallest absolute Gasteiger partial charge is 0.407 e. The largest absolute Gasteiger partial charge is 0.481 e. The van der Waals surface area contributed by atoms with E-state index in [0.717, 1.165) is 16.9 Å². The second-order valence-electron chi connectivity index (χ2n) is 9.75. The van der Waals surface area contributed by atoms with Crippen LogP contribution in [0.5, 0.6) is 0 Å². The van der Waals surface area contributed by atoms with Crippen molar-refractivity contribution in [1.82, 2.24) is 10.2 Å². The molecule has 2 N–H and O–H groups in total. The molecule has 0 radical (unpaired) electrons. The maximum atomic E-state index is 12.8. The number of benzene rings is 2. The molecule has 1 heterocycles. The Bertz CT molecular complexity index is 1060. The van der Waals surface area contributed by atoms with Crippen LogP contribution in [0.2, 0.25) is 0 Å². The van der Waals surface area contributed by atoms with Crippen molar-refractivity contribution in [3.8, 4) is 11.1 Å². The van der Waals surface area contributed by atoms with Crippen LogP contribution in [-0.2, 0) is 14.3 Å². The average molecular weight is 497 g/mol. The van der Waals surface area contributed by atoms with E-state index >= 15 is 0 Å². The number of fused-ring (bicyclic) bond motifs is 3. The molecule has 7 nitrogen and oxygen atoms in total. The van der Waals surface area contributed by atoms with Crippen LogP contribution < -0.4 is 5.32 Å². The zero-order chi connectivity index (χ0) is 25.0. The Morgan fingerprint density at radius 2 is 1.71 bits per heavy atom. The van der Waals surface area contributed by atoms with Gasteiger partial charge in [0, 0.05) is 35.9 Å². The first-order valence-electron chi connectivity index (χ1n) is 12.0. The number of nitrogens with one attached hydrogen (secondary N) is 1. The zero-order valence-corrected chi connectivity index (χ0v) is 21.0. The van der Waals surface area contributed by atoms with Crippen LogP contribution in [-0.4, -0.2) is 64.2 Å². The second kappa shape index (κ2) is 10.7. The lowest BCUT2D eigenvalue weighted by molar-refractivity contribution is -0.140. The Balaban J connectivity index is 1.30. The Hall–Kier alpha value is -3.00. The molecule has 186 valence electrons. The summed E-state index contributed by atoms with van der Waals surface area (Å²) < 4.78 is 5.65. The highest BCUT2D eigenvalue weighted by molar-refractivity contribution is 7.99. The molecule has 35 heavy (non-hydrogen) atoms. The SMILES string of the molecule is CC(C)(CCC(=O)N1CCSCC1CC(=O)O)NC(=O)OCC1c2ccccc2-c2ccccc21. The van der Waals surface area contributed by atoms with E-state index < -0.39 is 17.6 Å². The molecule has 0 spiro atoms. The van der Waals surface area contributed by atoms with Crippen LogP contribution >= 0.6 is 11.8 Å². The molecule has 0 saturated carbocycles. The van der Waals surface area contributed by atoms with Crippen molar-refractivity contribution < 1.29 is 24.2 Å². The van der Waals surface area contributed by atoms with E-state index in [9.17, 15) is 14.4 Å². The van der Waals surface area contributed by atoms with Gasteiger partial charge in [0.15, 0.2) is 0 Å². The topological polar surface area (TPSA) is 95.9 Å². The molecule has 0 aromatic heterocycles. The van der Waals surface area contributed by atoms with Crippen LogP contribution in [0.25, 0.3) is 11.1 Å². The quantitative estimate of drug-likeness (QED) is 0.559. The van der Waals surface area contributed by atoms with Crippen molar-refractivity contribution in [2.75, 3.05) is 24.7 Å². The van der Waals surface area contributed by atoms with Gasteiger partial charge >= 0.3 is 12.1 Å². The Labute approximate surface area is 210 Å². The zero-order valence-electron chi connectivity index (χ0n) is 20.2. The highest BCUT2D eigenvalue weighted by atomic mass is 32.2. The minimum Gasteiger partial charge on any atom is -0.481 e. The number of alkyl carbamates (subject to hydrolysis) is 1. The van der Waals surface area contributed by atoms with E-state index in [4.69, 9.17) is 9.84 Å². The minimum atomic E-state index is -0.896. The maximum absolute atomic E-state index is 12.8. The molecule has 1 fully saturated rings. The number of rotatable bonds is 8. The normalized spacial score (nSPS) is 17.4. The van der Waals surface area contributed by atoms with Gasteiger partial charge in [-0.15, -0.1) is 0 Å². The van der Waals surface area contributed by atoms with E-state index in [1.165, 1.54) is 11.1 Å². The molecule has 2 amide bonds. The van der Waals surface area contributed by atoms with E-state index in [0.29, 0.717) is 18.7 Å². The van der Waals surface area contributed by atoms with Crippen molar-refractivity contribution in [3.05, 3.63) is 59.7 Å². The molecule has 1 saturated heterocycles. The number of carbonyl (C=O) groups excluding carboxylic acids is 2.